The first-order valence-corrected chi connectivity index (χ1v) is 11.4. The van der Waals surface area contributed by atoms with Crippen LogP contribution >= 0.6 is 11.3 Å². The van der Waals surface area contributed by atoms with Gasteiger partial charge in [0.25, 0.3) is 11.8 Å². The zero-order valence-corrected chi connectivity index (χ0v) is 18.4. The van der Waals surface area contributed by atoms with Crippen molar-refractivity contribution in [2.45, 2.75) is 20.0 Å². The first-order valence-electron chi connectivity index (χ1n) is 10.5. The Hall–Kier alpha value is -3.58. The number of rotatable bonds is 7. The minimum Gasteiger partial charge on any atom is -0.454 e. The van der Waals surface area contributed by atoms with E-state index in [1.807, 2.05) is 77.9 Å². The van der Waals surface area contributed by atoms with E-state index < -0.39 is 0 Å². The lowest BCUT2D eigenvalue weighted by Crippen LogP contribution is -2.34. The van der Waals surface area contributed by atoms with Crippen LogP contribution in [0.1, 0.15) is 22.9 Å². The van der Waals surface area contributed by atoms with E-state index in [0.29, 0.717) is 35.9 Å². The highest BCUT2D eigenvalue weighted by atomic mass is 32.1. The van der Waals surface area contributed by atoms with Gasteiger partial charge in [0.15, 0.2) is 11.5 Å². The number of hydrogen-bond acceptors (Lipinski definition) is 6. The Balaban J connectivity index is 1.49. The molecule has 32 heavy (non-hydrogen) atoms. The van der Waals surface area contributed by atoms with Crippen molar-refractivity contribution in [2.75, 3.05) is 13.3 Å². The summed E-state index contributed by atoms with van der Waals surface area (Å²) in [4.78, 5) is 31.2. The molecule has 2 aliphatic rings. The fourth-order valence-electron chi connectivity index (χ4n) is 4.02. The maximum absolute atomic E-state index is 13.6. The van der Waals surface area contributed by atoms with Crippen LogP contribution in [0.4, 0.5) is 0 Å². The van der Waals surface area contributed by atoms with Crippen molar-refractivity contribution in [1.82, 2.24) is 9.80 Å². The smallest absolute Gasteiger partial charge is 0.278 e. The van der Waals surface area contributed by atoms with E-state index in [4.69, 9.17) is 9.47 Å². The largest absolute Gasteiger partial charge is 0.454 e. The second kappa shape index (κ2) is 8.51. The van der Waals surface area contributed by atoms with E-state index in [1.54, 1.807) is 0 Å². The van der Waals surface area contributed by atoms with Crippen LogP contribution in [-0.2, 0) is 22.7 Å². The van der Waals surface area contributed by atoms with E-state index >= 15 is 0 Å². The standard InChI is InChI=1S/C25H22N2O4S/c1-2-26(14-17-7-4-3-5-8-17)23-22(21-9-6-12-32-21)24(28)27(25(23)29)15-18-10-11-19-20(13-18)31-16-30-19/h3-13H,2,14-16H2,1H3. The van der Waals surface area contributed by atoms with Gasteiger partial charge in [0.05, 0.1) is 12.1 Å². The maximum atomic E-state index is 13.6. The summed E-state index contributed by atoms with van der Waals surface area (Å²) in [7, 11) is 0. The number of fused-ring (bicyclic) bond motifs is 1. The summed E-state index contributed by atoms with van der Waals surface area (Å²) < 4.78 is 10.8. The normalized spacial score (nSPS) is 15.1. The number of carbonyl (C=O) groups is 2. The van der Waals surface area contributed by atoms with Gasteiger partial charge in [0.2, 0.25) is 6.79 Å². The van der Waals surface area contributed by atoms with Crippen molar-refractivity contribution in [3.63, 3.8) is 0 Å². The summed E-state index contributed by atoms with van der Waals surface area (Å²) in [6, 6.07) is 19.3. The van der Waals surface area contributed by atoms with E-state index in [-0.39, 0.29) is 25.2 Å². The summed E-state index contributed by atoms with van der Waals surface area (Å²) in [5.41, 5.74) is 2.84. The molecular weight excluding hydrogens is 424 g/mol. The summed E-state index contributed by atoms with van der Waals surface area (Å²) in [6.07, 6.45) is 0. The number of likely N-dealkylation sites (N-methyl/N-ethyl adjacent to an activating group) is 1. The van der Waals surface area contributed by atoms with Crippen LogP contribution < -0.4 is 9.47 Å². The van der Waals surface area contributed by atoms with Gasteiger partial charge in [0.1, 0.15) is 5.70 Å². The lowest BCUT2D eigenvalue weighted by atomic mass is 10.1. The lowest BCUT2D eigenvalue weighted by molar-refractivity contribution is -0.138. The highest BCUT2D eigenvalue weighted by Crippen LogP contribution is 2.37. The van der Waals surface area contributed by atoms with Crippen molar-refractivity contribution >= 4 is 28.7 Å². The Bertz CT molecular complexity index is 1190. The predicted molar refractivity (Wildman–Crippen MR) is 122 cm³/mol. The van der Waals surface area contributed by atoms with Crippen molar-refractivity contribution < 1.29 is 19.1 Å². The zero-order chi connectivity index (χ0) is 22.1. The zero-order valence-electron chi connectivity index (χ0n) is 17.6. The molecule has 2 aromatic carbocycles. The molecule has 0 saturated heterocycles. The van der Waals surface area contributed by atoms with Crippen molar-refractivity contribution in [1.29, 1.82) is 0 Å². The summed E-state index contributed by atoms with van der Waals surface area (Å²) >= 11 is 1.47. The van der Waals surface area contributed by atoms with Gasteiger partial charge in [-0.05, 0) is 41.6 Å². The topological polar surface area (TPSA) is 59.1 Å². The first-order chi connectivity index (χ1) is 15.7. The third kappa shape index (κ3) is 3.65. The molecule has 7 heteroatoms. The van der Waals surface area contributed by atoms with Gasteiger partial charge in [0, 0.05) is 18.0 Å². The minimum atomic E-state index is -0.270. The number of thiophene rings is 1. The Labute approximate surface area is 190 Å². The molecule has 6 nitrogen and oxygen atoms in total. The van der Waals surface area contributed by atoms with Gasteiger partial charge in [-0.3, -0.25) is 14.5 Å². The Morgan fingerprint density at radius 3 is 2.50 bits per heavy atom. The van der Waals surface area contributed by atoms with Gasteiger partial charge >= 0.3 is 0 Å². The molecule has 0 radical (unpaired) electrons. The highest BCUT2D eigenvalue weighted by molar-refractivity contribution is 7.11. The Morgan fingerprint density at radius 1 is 0.938 bits per heavy atom. The molecule has 5 rings (SSSR count). The molecule has 0 saturated carbocycles. The van der Waals surface area contributed by atoms with E-state index in [1.165, 1.54) is 16.2 Å². The molecule has 2 amide bonds. The summed E-state index contributed by atoms with van der Waals surface area (Å²) in [5, 5.41) is 1.92. The second-order valence-electron chi connectivity index (χ2n) is 7.58. The third-order valence-corrected chi connectivity index (χ3v) is 6.49. The Kier molecular flexibility index (Phi) is 5.41. The molecule has 0 spiro atoms. The van der Waals surface area contributed by atoms with Crippen LogP contribution in [0.15, 0.2) is 71.7 Å². The van der Waals surface area contributed by atoms with Gasteiger partial charge in [-0.15, -0.1) is 11.3 Å². The molecule has 0 atom stereocenters. The van der Waals surface area contributed by atoms with Crippen LogP contribution in [0.25, 0.3) is 5.57 Å². The lowest BCUT2D eigenvalue weighted by Gasteiger charge is -2.25. The van der Waals surface area contributed by atoms with E-state index in [0.717, 1.165) is 16.0 Å². The van der Waals surface area contributed by atoms with Crippen LogP contribution in [0, 0.1) is 0 Å². The monoisotopic (exact) mass is 446 g/mol. The number of carbonyl (C=O) groups excluding carboxylic acids is 2. The number of benzene rings is 2. The molecule has 1 aromatic heterocycles. The number of imide groups is 1. The highest BCUT2D eigenvalue weighted by Gasteiger charge is 2.41. The fourth-order valence-corrected chi connectivity index (χ4v) is 4.78. The summed E-state index contributed by atoms with van der Waals surface area (Å²) in [5.74, 6) is 0.768. The van der Waals surface area contributed by atoms with Gasteiger partial charge in [-0.2, -0.15) is 0 Å². The molecule has 0 N–H and O–H groups in total. The van der Waals surface area contributed by atoms with Crippen LogP contribution in [0.3, 0.4) is 0 Å². The van der Waals surface area contributed by atoms with Crippen LogP contribution in [-0.4, -0.2) is 35.0 Å². The van der Waals surface area contributed by atoms with Gasteiger partial charge in [-0.1, -0.05) is 42.5 Å². The molecule has 3 heterocycles. The minimum absolute atomic E-state index is 0.176. The second-order valence-corrected chi connectivity index (χ2v) is 8.53. The first kappa shape index (κ1) is 20.3. The molecule has 0 bridgehead atoms. The molecule has 162 valence electrons. The molecule has 0 fully saturated rings. The van der Waals surface area contributed by atoms with Crippen molar-refractivity contribution in [2.24, 2.45) is 0 Å². The average Bonchev–Trinajstić information content (AvgIpc) is 3.55. The molecule has 0 unspecified atom stereocenters. The number of ether oxygens (including phenoxy) is 2. The molecular formula is C25H22N2O4S. The number of hydrogen-bond donors (Lipinski definition) is 0. The molecule has 0 aliphatic carbocycles. The van der Waals surface area contributed by atoms with Gasteiger partial charge in [-0.25, -0.2) is 0 Å². The molecule has 3 aromatic rings. The van der Waals surface area contributed by atoms with Crippen molar-refractivity contribution in [3.8, 4) is 11.5 Å². The van der Waals surface area contributed by atoms with Gasteiger partial charge < -0.3 is 14.4 Å². The summed E-state index contributed by atoms with van der Waals surface area (Å²) in [6.45, 7) is 3.52. The number of amides is 2. The fraction of sp³-hybridized carbons (Fsp3) is 0.200. The van der Waals surface area contributed by atoms with Crippen LogP contribution in [0.2, 0.25) is 0 Å². The van der Waals surface area contributed by atoms with Crippen molar-refractivity contribution in [3.05, 3.63) is 87.7 Å². The third-order valence-electron chi connectivity index (χ3n) is 5.60. The predicted octanol–water partition coefficient (Wildman–Crippen LogP) is 4.28. The number of nitrogens with zero attached hydrogens (tertiary/aromatic N) is 2. The SMILES string of the molecule is CCN(Cc1ccccc1)C1=C(c2cccs2)C(=O)N(Cc2ccc3c(c2)OCO3)C1=O. The maximum Gasteiger partial charge on any atom is 0.278 e. The van der Waals surface area contributed by atoms with E-state index in [9.17, 15) is 9.59 Å². The quantitative estimate of drug-likeness (QED) is 0.507. The van der Waals surface area contributed by atoms with Crippen LogP contribution in [0.5, 0.6) is 11.5 Å². The Morgan fingerprint density at radius 2 is 1.75 bits per heavy atom. The molecule has 2 aliphatic heterocycles. The van der Waals surface area contributed by atoms with E-state index in [2.05, 4.69) is 0 Å². The average molecular weight is 447 g/mol.